The fourth-order valence-electron chi connectivity index (χ4n) is 4.09. The predicted molar refractivity (Wildman–Crippen MR) is 136 cm³/mol. The Bertz CT molecular complexity index is 880. The number of guanidine groups is 1. The summed E-state index contributed by atoms with van der Waals surface area (Å²) in [4.78, 5) is 5.83. The van der Waals surface area contributed by atoms with E-state index in [1.54, 1.807) is 11.3 Å². The van der Waals surface area contributed by atoms with Crippen LogP contribution in [0.5, 0.6) is 11.5 Å². The van der Waals surface area contributed by atoms with Crippen LogP contribution in [-0.2, 0) is 15.6 Å². The van der Waals surface area contributed by atoms with Gasteiger partial charge < -0.3 is 24.8 Å². The lowest BCUT2D eigenvalue weighted by atomic mass is 9.74. The van der Waals surface area contributed by atoms with Crippen molar-refractivity contribution >= 4 is 41.3 Å². The molecule has 0 amide bonds. The summed E-state index contributed by atoms with van der Waals surface area (Å²) in [5.74, 6) is 2.48. The maximum atomic E-state index is 5.68. The number of halogens is 1. The molecule has 2 aliphatic heterocycles. The van der Waals surface area contributed by atoms with Gasteiger partial charge in [0.1, 0.15) is 0 Å². The molecule has 0 spiro atoms. The Morgan fingerprint density at radius 2 is 1.90 bits per heavy atom. The maximum absolute atomic E-state index is 5.68. The average Bonchev–Trinajstić information content (AvgIpc) is 3.46. The average molecular weight is 557 g/mol. The van der Waals surface area contributed by atoms with E-state index in [-0.39, 0.29) is 34.8 Å². The molecule has 0 bridgehead atoms. The van der Waals surface area contributed by atoms with Crippen molar-refractivity contribution in [2.45, 2.75) is 37.5 Å². The second kappa shape index (κ2) is 10.4. The first-order valence-electron chi connectivity index (χ1n) is 10.5. The summed E-state index contributed by atoms with van der Waals surface area (Å²) in [5, 5.41) is 9.23. The Morgan fingerprint density at radius 1 is 1.13 bits per heavy atom. The molecule has 0 aliphatic carbocycles. The summed E-state index contributed by atoms with van der Waals surface area (Å²) in [6.45, 7) is 7.92. The minimum Gasteiger partial charge on any atom is -0.454 e. The first kappa shape index (κ1) is 24.1. The first-order valence-corrected chi connectivity index (χ1v) is 11.4. The molecule has 1 saturated heterocycles. The molecule has 6 nitrogen and oxygen atoms in total. The second-order valence-electron chi connectivity index (χ2n) is 8.60. The van der Waals surface area contributed by atoms with Crippen LogP contribution >= 0.6 is 35.3 Å². The van der Waals surface area contributed by atoms with Crippen LogP contribution in [0.25, 0.3) is 0 Å². The van der Waals surface area contributed by atoms with E-state index in [9.17, 15) is 0 Å². The number of rotatable bonds is 6. The Balaban J connectivity index is 0.00000272. The number of benzene rings is 1. The number of nitrogens with one attached hydrogen (secondary N) is 2. The number of nitrogens with zero attached hydrogens (tertiary/aromatic N) is 1. The van der Waals surface area contributed by atoms with E-state index in [0.717, 1.165) is 56.6 Å². The molecule has 2 aromatic rings. The van der Waals surface area contributed by atoms with E-state index in [1.807, 2.05) is 13.1 Å². The summed E-state index contributed by atoms with van der Waals surface area (Å²) < 4.78 is 16.8. The van der Waals surface area contributed by atoms with Gasteiger partial charge in [0.05, 0.1) is 0 Å². The predicted octanol–water partition coefficient (Wildman–Crippen LogP) is 4.29. The van der Waals surface area contributed by atoms with Crippen molar-refractivity contribution in [1.29, 1.82) is 0 Å². The molecule has 1 aromatic carbocycles. The van der Waals surface area contributed by atoms with Gasteiger partial charge in [0.15, 0.2) is 17.5 Å². The van der Waals surface area contributed by atoms with Gasteiger partial charge in [-0.25, -0.2) is 0 Å². The van der Waals surface area contributed by atoms with Gasteiger partial charge in [0.2, 0.25) is 6.79 Å². The fraction of sp³-hybridized carbons (Fsp3) is 0.522. The minimum absolute atomic E-state index is 0. The van der Waals surface area contributed by atoms with Gasteiger partial charge in [-0.05, 0) is 42.0 Å². The molecular formula is C23H32IN3O3S. The Kier molecular flexibility index (Phi) is 8.09. The SMILES string of the molecule is CN=C(NCC(C)(C)c1cccs1)NCC1(c2ccc3c(c2)OCO3)CCOCC1.I. The highest BCUT2D eigenvalue weighted by molar-refractivity contribution is 14.0. The van der Waals surface area contributed by atoms with Crippen molar-refractivity contribution in [2.24, 2.45) is 4.99 Å². The normalized spacial score (nSPS) is 17.7. The molecule has 0 atom stereocenters. The van der Waals surface area contributed by atoms with E-state index in [1.165, 1.54) is 10.4 Å². The summed E-state index contributed by atoms with van der Waals surface area (Å²) in [5.41, 5.74) is 1.27. The monoisotopic (exact) mass is 557 g/mol. The zero-order valence-corrected chi connectivity index (χ0v) is 21.5. The molecule has 2 N–H and O–H groups in total. The molecule has 0 radical (unpaired) electrons. The number of fused-ring (bicyclic) bond motifs is 1. The molecule has 1 fully saturated rings. The highest BCUT2D eigenvalue weighted by Gasteiger charge is 2.36. The standard InChI is InChI=1S/C23H31N3O3S.HI/c1-22(2,20-5-4-12-30-20)14-25-21(24-3)26-15-23(8-10-27-11-9-23)17-6-7-18-19(13-17)29-16-28-18;/h4-7,12-13H,8-11,14-16H2,1-3H3,(H2,24,25,26);1H. The van der Waals surface area contributed by atoms with Crippen LogP contribution in [0.3, 0.4) is 0 Å². The second-order valence-corrected chi connectivity index (χ2v) is 9.55. The Labute approximate surface area is 205 Å². The molecule has 2 aliphatic rings. The summed E-state index contributed by atoms with van der Waals surface area (Å²) in [6, 6.07) is 10.6. The third-order valence-corrected chi connectivity index (χ3v) is 7.37. The molecule has 0 saturated carbocycles. The van der Waals surface area contributed by atoms with E-state index in [2.05, 4.69) is 59.1 Å². The smallest absolute Gasteiger partial charge is 0.231 e. The van der Waals surface area contributed by atoms with Crippen LogP contribution in [0.4, 0.5) is 0 Å². The summed E-state index contributed by atoms with van der Waals surface area (Å²) in [7, 11) is 1.82. The third kappa shape index (κ3) is 5.46. The molecular weight excluding hydrogens is 525 g/mol. The number of hydrogen-bond donors (Lipinski definition) is 2. The summed E-state index contributed by atoms with van der Waals surface area (Å²) >= 11 is 1.80. The van der Waals surface area contributed by atoms with Crippen LogP contribution in [0.1, 0.15) is 37.1 Å². The topological polar surface area (TPSA) is 64.1 Å². The largest absolute Gasteiger partial charge is 0.454 e. The van der Waals surface area contributed by atoms with Gasteiger partial charge in [0, 0.05) is 49.1 Å². The summed E-state index contributed by atoms with van der Waals surface area (Å²) in [6.07, 6.45) is 1.91. The van der Waals surface area contributed by atoms with E-state index in [4.69, 9.17) is 14.2 Å². The lowest BCUT2D eigenvalue weighted by Crippen LogP contribution is -2.49. The van der Waals surface area contributed by atoms with Crippen LogP contribution in [0.2, 0.25) is 0 Å². The molecule has 170 valence electrons. The van der Waals surface area contributed by atoms with Crippen molar-refractivity contribution in [3.8, 4) is 11.5 Å². The van der Waals surface area contributed by atoms with E-state index < -0.39 is 0 Å². The first-order chi connectivity index (χ1) is 14.5. The van der Waals surface area contributed by atoms with Crippen molar-refractivity contribution in [3.05, 3.63) is 46.2 Å². The van der Waals surface area contributed by atoms with Crippen molar-refractivity contribution in [2.75, 3.05) is 40.1 Å². The number of ether oxygens (including phenoxy) is 3. The number of thiophene rings is 1. The van der Waals surface area contributed by atoms with Crippen molar-refractivity contribution in [1.82, 2.24) is 10.6 Å². The van der Waals surface area contributed by atoms with Crippen LogP contribution in [0.15, 0.2) is 40.7 Å². The Morgan fingerprint density at radius 3 is 2.61 bits per heavy atom. The molecule has 8 heteroatoms. The van der Waals surface area contributed by atoms with Gasteiger partial charge in [-0.1, -0.05) is 26.0 Å². The third-order valence-electron chi connectivity index (χ3n) is 6.14. The molecule has 3 heterocycles. The molecule has 1 aromatic heterocycles. The maximum Gasteiger partial charge on any atom is 0.231 e. The highest BCUT2D eigenvalue weighted by atomic mass is 127. The van der Waals surface area contributed by atoms with Crippen LogP contribution in [-0.4, -0.2) is 46.1 Å². The zero-order chi connectivity index (χ0) is 21.0. The van der Waals surface area contributed by atoms with Gasteiger partial charge in [-0.15, -0.1) is 35.3 Å². The number of hydrogen-bond acceptors (Lipinski definition) is 5. The molecule has 31 heavy (non-hydrogen) atoms. The molecule has 4 rings (SSSR count). The van der Waals surface area contributed by atoms with Crippen molar-refractivity contribution in [3.63, 3.8) is 0 Å². The lowest BCUT2D eigenvalue weighted by molar-refractivity contribution is 0.0513. The minimum atomic E-state index is -0.0277. The lowest BCUT2D eigenvalue weighted by Gasteiger charge is -2.38. The number of aliphatic imine (C=N–C) groups is 1. The van der Waals surface area contributed by atoms with Crippen LogP contribution < -0.4 is 20.1 Å². The van der Waals surface area contributed by atoms with Crippen LogP contribution in [0, 0.1) is 0 Å². The molecule has 0 unspecified atom stereocenters. The van der Waals surface area contributed by atoms with Gasteiger partial charge >= 0.3 is 0 Å². The fourth-order valence-corrected chi connectivity index (χ4v) is 4.94. The van der Waals surface area contributed by atoms with Gasteiger partial charge in [-0.3, -0.25) is 4.99 Å². The van der Waals surface area contributed by atoms with Gasteiger partial charge in [0.25, 0.3) is 0 Å². The zero-order valence-electron chi connectivity index (χ0n) is 18.4. The van der Waals surface area contributed by atoms with Crippen molar-refractivity contribution < 1.29 is 14.2 Å². The van der Waals surface area contributed by atoms with E-state index >= 15 is 0 Å². The van der Waals surface area contributed by atoms with Gasteiger partial charge in [-0.2, -0.15) is 0 Å². The Hall–Kier alpha value is -1.52. The quantitative estimate of drug-likeness (QED) is 0.316. The van der Waals surface area contributed by atoms with E-state index in [0.29, 0.717) is 6.79 Å². The highest BCUT2D eigenvalue weighted by Crippen LogP contribution is 2.40.